The number of primary amides is 1. The normalized spacial score (nSPS) is 31.6. The fourth-order valence-corrected chi connectivity index (χ4v) is 3.68. The third-order valence-corrected chi connectivity index (χ3v) is 5.11. The second-order valence-corrected chi connectivity index (χ2v) is 7.04. The lowest BCUT2D eigenvalue weighted by Gasteiger charge is -2.46. The summed E-state index contributed by atoms with van der Waals surface area (Å²) >= 11 is 0. The van der Waals surface area contributed by atoms with Crippen LogP contribution in [0.25, 0.3) is 0 Å². The standard InChI is InChI=1S/C15H28N4O/c1-15(14(16)20,17-12-5-6-12)11-18-8-9-19-7-3-2-4-13(19)10-18/h12-13,17H,2-11H2,1H3,(H2,16,20). The number of carbonyl (C=O) groups is 1. The fourth-order valence-electron chi connectivity index (χ4n) is 3.68. The van der Waals surface area contributed by atoms with Crippen LogP contribution in [0.2, 0.25) is 0 Å². The monoisotopic (exact) mass is 280 g/mol. The van der Waals surface area contributed by atoms with Crippen LogP contribution in [0.15, 0.2) is 0 Å². The maximum atomic E-state index is 11.9. The van der Waals surface area contributed by atoms with Gasteiger partial charge >= 0.3 is 0 Å². The molecule has 0 radical (unpaired) electrons. The number of fused-ring (bicyclic) bond motifs is 1. The van der Waals surface area contributed by atoms with E-state index >= 15 is 0 Å². The van der Waals surface area contributed by atoms with Crippen LogP contribution in [-0.4, -0.2) is 66.1 Å². The number of piperidine rings is 1. The van der Waals surface area contributed by atoms with Crippen LogP contribution < -0.4 is 11.1 Å². The first-order valence-electron chi connectivity index (χ1n) is 8.11. The van der Waals surface area contributed by atoms with E-state index in [1.807, 2.05) is 6.92 Å². The predicted octanol–water partition coefficient (Wildman–Crippen LogP) is 0.153. The molecule has 0 aromatic heterocycles. The number of carbonyl (C=O) groups excluding carboxylic acids is 1. The van der Waals surface area contributed by atoms with Gasteiger partial charge in [-0.3, -0.25) is 19.9 Å². The number of piperazine rings is 1. The molecule has 3 rings (SSSR count). The van der Waals surface area contributed by atoms with Crippen molar-refractivity contribution in [3.63, 3.8) is 0 Å². The number of nitrogens with zero attached hydrogens (tertiary/aromatic N) is 2. The van der Waals surface area contributed by atoms with Crippen LogP contribution >= 0.6 is 0 Å². The number of nitrogens with two attached hydrogens (primary N) is 1. The summed E-state index contributed by atoms with van der Waals surface area (Å²) in [6, 6.07) is 1.19. The minimum atomic E-state index is -0.571. The molecule has 5 nitrogen and oxygen atoms in total. The number of nitrogens with one attached hydrogen (secondary N) is 1. The quantitative estimate of drug-likeness (QED) is 0.753. The Kier molecular flexibility index (Phi) is 4.02. The minimum Gasteiger partial charge on any atom is -0.368 e. The van der Waals surface area contributed by atoms with Crippen molar-refractivity contribution in [1.82, 2.24) is 15.1 Å². The Balaban J connectivity index is 1.59. The third kappa shape index (κ3) is 3.15. The topological polar surface area (TPSA) is 61.6 Å². The summed E-state index contributed by atoms with van der Waals surface area (Å²) in [6.07, 6.45) is 6.36. The van der Waals surface area contributed by atoms with E-state index < -0.39 is 5.54 Å². The highest BCUT2D eigenvalue weighted by Crippen LogP contribution is 2.25. The fraction of sp³-hybridized carbons (Fsp3) is 0.933. The molecule has 2 aliphatic heterocycles. The lowest BCUT2D eigenvalue weighted by molar-refractivity contribution is -0.125. The zero-order chi connectivity index (χ0) is 14.2. The zero-order valence-corrected chi connectivity index (χ0v) is 12.6. The molecule has 0 spiro atoms. The zero-order valence-electron chi connectivity index (χ0n) is 12.6. The Morgan fingerprint density at radius 2 is 2.05 bits per heavy atom. The molecule has 2 atom stereocenters. The van der Waals surface area contributed by atoms with Crippen molar-refractivity contribution < 1.29 is 4.79 Å². The van der Waals surface area contributed by atoms with Gasteiger partial charge in [-0.2, -0.15) is 0 Å². The van der Waals surface area contributed by atoms with Crippen molar-refractivity contribution in [3.05, 3.63) is 0 Å². The first kappa shape index (κ1) is 14.3. The lowest BCUT2D eigenvalue weighted by atomic mass is 9.96. The number of hydrogen-bond donors (Lipinski definition) is 2. The first-order valence-corrected chi connectivity index (χ1v) is 8.11. The second kappa shape index (κ2) is 5.62. The molecule has 1 amide bonds. The molecule has 2 unspecified atom stereocenters. The first-order chi connectivity index (χ1) is 9.57. The molecule has 3 aliphatic rings. The van der Waals surface area contributed by atoms with Crippen molar-refractivity contribution in [3.8, 4) is 0 Å². The lowest BCUT2D eigenvalue weighted by Crippen LogP contribution is -2.64. The second-order valence-electron chi connectivity index (χ2n) is 7.04. The molecular formula is C15H28N4O. The van der Waals surface area contributed by atoms with Crippen molar-refractivity contribution in [2.45, 2.75) is 56.7 Å². The van der Waals surface area contributed by atoms with Gasteiger partial charge < -0.3 is 5.73 Å². The highest BCUT2D eigenvalue weighted by atomic mass is 16.1. The summed E-state index contributed by atoms with van der Waals surface area (Å²) in [5.74, 6) is -0.213. The van der Waals surface area contributed by atoms with Crippen LogP contribution in [0, 0.1) is 0 Å². The minimum absolute atomic E-state index is 0.213. The maximum Gasteiger partial charge on any atom is 0.238 e. The van der Waals surface area contributed by atoms with Gasteiger partial charge in [0.15, 0.2) is 0 Å². The van der Waals surface area contributed by atoms with E-state index in [2.05, 4.69) is 15.1 Å². The Bertz CT molecular complexity index is 371. The van der Waals surface area contributed by atoms with Gasteiger partial charge in [-0.25, -0.2) is 0 Å². The van der Waals surface area contributed by atoms with Gasteiger partial charge in [0.25, 0.3) is 0 Å². The summed E-state index contributed by atoms with van der Waals surface area (Å²) in [4.78, 5) is 16.9. The number of rotatable bonds is 5. The molecule has 1 saturated carbocycles. The predicted molar refractivity (Wildman–Crippen MR) is 79.4 cm³/mol. The van der Waals surface area contributed by atoms with E-state index in [1.165, 1.54) is 38.6 Å². The van der Waals surface area contributed by atoms with Gasteiger partial charge in [-0.05, 0) is 39.2 Å². The summed E-state index contributed by atoms with van der Waals surface area (Å²) in [7, 11) is 0. The van der Waals surface area contributed by atoms with Crippen LogP contribution in [0.5, 0.6) is 0 Å². The highest BCUT2D eigenvalue weighted by molar-refractivity contribution is 5.84. The van der Waals surface area contributed by atoms with Gasteiger partial charge in [0.1, 0.15) is 5.54 Å². The molecular weight excluding hydrogens is 252 g/mol. The molecule has 5 heteroatoms. The Hall–Kier alpha value is -0.650. The molecule has 1 aliphatic carbocycles. The molecule has 114 valence electrons. The molecule has 20 heavy (non-hydrogen) atoms. The van der Waals surface area contributed by atoms with Crippen molar-refractivity contribution in [2.75, 3.05) is 32.7 Å². The van der Waals surface area contributed by atoms with Crippen LogP contribution in [0.1, 0.15) is 39.0 Å². The molecule has 2 heterocycles. The summed E-state index contributed by atoms with van der Waals surface area (Å²) in [5, 5.41) is 3.46. The van der Waals surface area contributed by atoms with Gasteiger partial charge in [0, 0.05) is 38.3 Å². The van der Waals surface area contributed by atoms with Gasteiger partial charge in [-0.1, -0.05) is 6.42 Å². The van der Waals surface area contributed by atoms with Crippen molar-refractivity contribution >= 4 is 5.91 Å². The van der Waals surface area contributed by atoms with Crippen molar-refractivity contribution in [2.24, 2.45) is 5.73 Å². The van der Waals surface area contributed by atoms with E-state index in [-0.39, 0.29) is 5.91 Å². The molecule has 3 N–H and O–H groups in total. The average Bonchev–Trinajstić information content (AvgIpc) is 3.22. The molecule has 2 saturated heterocycles. The Morgan fingerprint density at radius 1 is 1.25 bits per heavy atom. The maximum absolute atomic E-state index is 11.9. The summed E-state index contributed by atoms with van der Waals surface area (Å²) < 4.78 is 0. The van der Waals surface area contributed by atoms with Gasteiger partial charge in [0.05, 0.1) is 0 Å². The van der Waals surface area contributed by atoms with E-state index in [9.17, 15) is 4.79 Å². The number of hydrogen-bond acceptors (Lipinski definition) is 4. The molecule has 3 fully saturated rings. The molecule has 0 aromatic carbocycles. The van der Waals surface area contributed by atoms with E-state index in [1.54, 1.807) is 0 Å². The number of amides is 1. The van der Waals surface area contributed by atoms with E-state index in [0.717, 1.165) is 26.2 Å². The third-order valence-electron chi connectivity index (χ3n) is 5.11. The smallest absolute Gasteiger partial charge is 0.238 e. The van der Waals surface area contributed by atoms with Crippen LogP contribution in [0.3, 0.4) is 0 Å². The van der Waals surface area contributed by atoms with Crippen LogP contribution in [0.4, 0.5) is 0 Å². The summed E-state index contributed by atoms with van der Waals surface area (Å²) in [5.41, 5.74) is 5.09. The Morgan fingerprint density at radius 3 is 2.75 bits per heavy atom. The average molecular weight is 280 g/mol. The molecule has 0 aromatic rings. The van der Waals surface area contributed by atoms with E-state index in [4.69, 9.17) is 5.73 Å². The van der Waals surface area contributed by atoms with E-state index in [0.29, 0.717) is 12.1 Å². The van der Waals surface area contributed by atoms with Crippen molar-refractivity contribution in [1.29, 1.82) is 0 Å². The van der Waals surface area contributed by atoms with Crippen LogP contribution in [-0.2, 0) is 4.79 Å². The largest absolute Gasteiger partial charge is 0.368 e. The van der Waals surface area contributed by atoms with Gasteiger partial charge in [0.2, 0.25) is 5.91 Å². The SMILES string of the molecule is CC(CN1CCN2CCCCC2C1)(NC1CC1)C(N)=O. The van der Waals surface area contributed by atoms with Gasteiger partial charge in [-0.15, -0.1) is 0 Å². The highest BCUT2D eigenvalue weighted by Gasteiger charge is 2.40. The molecule has 0 bridgehead atoms. The Labute approximate surface area is 121 Å². The summed E-state index contributed by atoms with van der Waals surface area (Å²) in [6.45, 7) is 7.28.